The summed E-state index contributed by atoms with van der Waals surface area (Å²) in [5, 5.41) is 12.8. The van der Waals surface area contributed by atoms with Gasteiger partial charge in [-0.3, -0.25) is 4.79 Å². The van der Waals surface area contributed by atoms with E-state index in [9.17, 15) is 9.90 Å². The molecule has 0 bridgehead atoms. The van der Waals surface area contributed by atoms with Gasteiger partial charge in [0.1, 0.15) is 0 Å². The number of likely N-dealkylation sites (tertiary alicyclic amines) is 1. The van der Waals surface area contributed by atoms with Crippen LogP contribution in [0.3, 0.4) is 0 Å². The van der Waals surface area contributed by atoms with E-state index in [4.69, 9.17) is 0 Å². The summed E-state index contributed by atoms with van der Waals surface area (Å²) < 4.78 is 0. The van der Waals surface area contributed by atoms with Crippen molar-refractivity contribution in [3.63, 3.8) is 0 Å². The number of carbonyl (C=O) groups excluding carboxylic acids is 1. The van der Waals surface area contributed by atoms with Gasteiger partial charge < -0.3 is 15.3 Å². The molecule has 1 amide bonds. The van der Waals surface area contributed by atoms with Crippen LogP contribution in [0.15, 0.2) is 24.3 Å². The molecule has 4 heteroatoms. The summed E-state index contributed by atoms with van der Waals surface area (Å²) in [6.45, 7) is 2.94. The molecular formula is C16H22N2O2. The van der Waals surface area contributed by atoms with Crippen molar-refractivity contribution < 1.29 is 9.90 Å². The van der Waals surface area contributed by atoms with Crippen molar-refractivity contribution in [2.75, 3.05) is 18.5 Å². The lowest BCUT2D eigenvalue weighted by molar-refractivity contribution is -0.137. The first-order valence-electron chi connectivity index (χ1n) is 7.46. The number of rotatable bonds is 2. The maximum absolute atomic E-state index is 12.8. The number of nitrogens with zero attached hydrogens (tertiary/aromatic N) is 1. The Bertz CT molecular complexity index is 503. The van der Waals surface area contributed by atoms with Gasteiger partial charge in [-0.05, 0) is 37.8 Å². The maximum atomic E-state index is 12.8. The highest BCUT2D eigenvalue weighted by atomic mass is 16.3. The highest BCUT2D eigenvalue weighted by Crippen LogP contribution is 2.31. The summed E-state index contributed by atoms with van der Waals surface area (Å²) in [6.07, 6.45) is 2.72. The van der Waals surface area contributed by atoms with Crippen LogP contribution in [0.5, 0.6) is 0 Å². The van der Waals surface area contributed by atoms with E-state index in [1.165, 1.54) is 5.56 Å². The Morgan fingerprint density at radius 3 is 3.05 bits per heavy atom. The molecule has 0 saturated carbocycles. The van der Waals surface area contributed by atoms with Crippen molar-refractivity contribution in [2.45, 2.75) is 38.3 Å². The van der Waals surface area contributed by atoms with Crippen molar-refractivity contribution in [3.05, 3.63) is 29.8 Å². The third-order valence-electron chi connectivity index (χ3n) is 4.63. The number of fused-ring (bicyclic) bond motifs is 1. The molecule has 3 atom stereocenters. The summed E-state index contributed by atoms with van der Waals surface area (Å²) in [7, 11) is 0. The van der Waals surface area contributed by atoms with Gasteiger partial charge in [0.05, 0.1) is 18.6 Å². The summed E-state index contributed by atoms with van der Waals surface area (Å²) in [6, 6.07) is 8.35. The molecule has 2 heterocycles. The Hall–Kier alpha value is -1.55. The maximum Gasteiger partial charge on any atom is 0.228 e. The average molecular weight is 274 g/mol. The molecule has 3 unspecified atom stereocenters. The lowest BCUT2D eigenvalue weighted by atomic mass is 9.87. The minimum absolute atomic E-state index is 0.0203. The SMILES string of the molecule is CC1Nc2ccccc2CC1C(=O)N1CCCC1CO. The zero-order valence-corrected chi connectivity index (χ0v) is 11.9. The molecule has 2 aliphatic rings. The zero-order chi connectivity index (χ0) is 14.1. The molecular weight excluding hydrogens is 252 g/mol. The van der Waals surface area contributed by atoms with Crippen molar-refractivity contribution in [1.82, 2.24) is 4.90 Å². The predicted molar refractivity (Wildman–Crippen MR) is 78.5 cm³/mol. The Balaban J connectivity index is 1.79. The summed E-state index contributed by atoms with van der Waals surface area (Å²) in [5.74, 6) is 0.160. The van der Waals surface area contributed by atoms with Crippen molar-refractivity contribution in [2.24, 2.45) is 5.92 Å². The predicted octanol–water partition coefficient (Wildman–Crippen LogP) is 1.64. The normalized spacial score (nSPS) is 28.9. The molecule has 1 fully saturated rings. The van der Waals surface area contributed by atoms with Gasteiger partial charge in [-0.1, -0.05) is 18.2 Å². The topological polar surface area (TPSA) is 52.6 Å². The minimum Gasteiger partial charge on any atom is -0.394 e. The first-order chi connectivity index (χ1) is 9.70. The molecule has 1 saturated heterocycles. The minimum atomic E-state index is -0.0305. The molecule has 4 nitrogen and oxygen atoms in total. The molecule has 108 valence electrons. The third-order valence-corrected chi connectivity index (χ3v) is 4.63. The Labute approximate surface area is 119 Å². The van der Waals surface area contributed by atoms with Crippen LogP contribution in [-0.2, 0) is 11.2 Å². The fourth-order valence-electron chi connectivity index (χ4n) is 3.43. The number of aliphatic hydroxyl groups excluding tert-OH is 1. The Morgan fingerprint density at radius 1 is 1.45 bits per heavy atom. The molecule has 0 aliphatic carbocycles. The van der Waals surface area contributed by atoms with Gasteiger partial charge in [-0.2, -0.15) is 0 Å². The summed E-state index contributed by atoms with van der Waals surface area (Å²) >= 11 is 0. The molecule has 20 heavy (non-hydrogen) atoms. The molecule has 0 spiro atoms. The van der Waals surface area contributed by atoms with E-state index < -0.39 is 0 Å². The van der Waals surface area contributed by atoms with Crippen LogP contribution in [0.25, 0.3) is 0 Å². The van der Waals surface area contributed by atoms with Gasteiger partial charge in [0, 0.05) is 18.3 Å². The fraction of sp³-hybridized carbons (Fsp3) is 0.562. The van der Waals surface area contributed by atoms with Crippen molar-refractivity contribution in [1.29, 1.82) is 0 Å². The second-order valence-electron chi connectivity index (χ2n) is 5.91. The van der Waals surface area contributed by atoms with E-state index in [1.807, 2.05) is 17.0 Å². The highest BCUT2D eigenvalue weighted by molar-refractivity contribution is 5.82. The molecule has 1 aromatic rings. The smallest absolute Gasteiger partial charge is 0.228 e. The van der Waals surface area contributed by atoms with Crippen LogP contribution in [0.2, 0.25) is 0 Å². The van der Waals surface area contributed by atoms with Gasteiger partial charge in [0.15, 0.2) is 0 Å². The first-order valence-corrected chi connectivity index (χ1v) is 7.46. The van der Waals surface area contributed by atoms with Gasteiger partial charge in [-0.15, -0.1) is 0 Å². The molecule has 2 aliphatic heterocycles. The Kier molecular flexibility index (Phi) is 3.66. The van der Waals surface area contributed by atoms with Crippen LogP contribution < -0.4 is 5.32 Å². The standard InChI is InChI=1S/C16H22N2O2/c1-11-14(9-12-5-2-3-7-15(12)17-11)16(20)18-8-4-6-13(18)10-19/h2-3,5,7,11,13-14,17,19H,4,6,8-10H2,1H3. The number of nitrogens with one attached hydrogen (secondary N) is 1. The molecule has 0 radical (unpaired) electrons. The van der Waals surface area contributed by atoms with Gasteiger partial charge in [0.2, 0.25) is 5.91 Å². The van der Waals surface area contributed by atoms with Crippen LogP contribution in [0.1, 0.15) is 25.3 Å². The van der Waals surface area contributed by atoms with E-state index in [0.29, 0.717) is 0 Å². The molecule has 1 aromatic carbocycles. The molecule has 2 N–H and O–H groups in total. The van der Waals surface area contributed by atoms with Crippen LogP contribution >= 0.6 is 0 Å². The lowest BCUT2D eigenvalue weighted by Gasteiger charge is -2.35. The first kappa shape index (κ1) is 13.4. The largest absolute Gasteiger partial charge is 0.394 e. The summed E-state index contributed by atoms with van der Waals surface area (Å²) in [5.41, 5.74) is 2.35. The summed E-state index contributed by atoms with van der Waals surface area (Å²) in [4.78, 5) is 14.7. The van der Waals surface area contributed by atoms with Crippen LogP contribution in [0, 0.1) is 5.92 Å². The highest BCUT2D eigenvalue weighted by Gasteiger charge is 2.37. The lowest BCUT2D eigenvalue weighted by Crippen LogP contribution is -2.48. The van der Waals surface area contributed by atoms with E-state index in [1.54, 1.807) is 0 Å². The quantitative estimate of drug-likeness (QED) is 0.862. The fourth-order valence-corrected chi connectivity index (χ4v) is 3.43. The van der Waals surface area contributed by atoms with Crippen LogP contribution in [-0.4, -0.2) is 41.1 Å². The number of amides is 1. The average Bonchev–Trinajstić information content (AvgIpc) is 2.94. The number of aliphatic hydroxyl groups is 1. The number of carbonyl (C=O) groups is 1. The number of hydrogen-bond donors (Lipinski definition) is 2. The number of hydrogen-bond acceptors (Lipinski definition) is 3. The van der Waals surface area contributed by atoms with E-state index >= 15 is 0 Å². The monoisotopic (exact) mass is 274 g/mol. The van der Waals surface area contributed by atoms with E-state index in [0.717, 1.165) is 31.5 Å². The second-order valence-corrected chi connectivity index (χ2v) is 5.91. The van der Waals surface area contributed by atoms with E-state index in [-0.39, 0.29) is 30.5 Å². The second kappa shape index (κ2) is 5.44. The molecule has 0 aromatic heterocycles. The third kappa shape index (κ3) is 2.29. The molecule has 3 rings (SSSR count). The van der Waals surface area contributed by atoms with Crippen LogP contribution in [0.4, 0.5) is 5.69 Å². The zero-order valence-electron chi connectivity index (χ0n) is 11.9. The number of benzene rings is 1. The number of para-hydroxylation sites is 1. The van der Waals surface area contributed by atoms with Gasteiger partial charge in [-0.25, -0.2) is 0 Å². The Morgan fingerprint density at radius 2 is 2.25 bits per heavy atom. The van der Waals surface area contributed by atoms with Gasteiger partial charge >= 0.3 is 0 Å². The number of anilines is 1. The van der Waals surface area contributed by atoms with Crippen molar-refractivity contribution in [3.8, 4) is 0 Å². The van der Waals surface area contributed by atoms with Crippen molar-refractivity contribution >= 4 is 11.6 Å². The van der Waals surface area contributed by atoms with Gasteiger partial charge in [0.25, 0.3) is 0 Å². The van der Waals surface area contributed by atoms with E-state index in [2.05, 4.69) is 24.4 Å².